The Kier molecular flexibility index (Phi) is 4.06. The third kappa shape index (κ3) is 2.22. The molecule has 3 aliphatic carbocycles. The van der Waals surface area contributed by atoms with Gasteiger partial charge in [-0.25, -0.2) is 0 Å². The standard InChI is InChI=1S/C20H23NO4.C2H6O/c22-13-4-3-12-9-15-20(24)6-5-14(23)18-19(20,16(12)17(13)25-18)7-8-21(15)10-11-1-2-11;1-3-2/h3-4,11,15,18,22,24H,1-2,5-10H2;1-2H3/t15-,18+,19+,20-;/m1./s1. The van der Waals surface area contributed by atoms with Crippen LogP contribution in [0, 0.1) is 5.92 Å². The molecule has 2 heterocycles. The Morgan fingerprint density at radius 1 is 1.29 bits per heavy atom. The van der Waals surface area contributed by atoms with Gasteiger partial charge >= 0.3 is 0 Å². The van der Waals surface area contributed by atoms with Crippen LogP contribution in [0.1, 0.15) is 43.2 Å². The van der Waals surface area contributed by atoms with E-state index >= 15 is 0 Å². The van der Waals surface area contributed by atoms with Gasteiger partial charge in [-0.1, -0.05) is 6.07 Å². The first-order chi connectivity index (χ1) is 13.5. The lowest BCUT2D eigenvalue weighted by Gasteiger charge is -2.62. The maximum atomic E-state index is 12.7. The maximum absolute atomic E-state index is 12.7. The van der Waals surface area contributed by atoms with Crippen molar-refractivity contribution in [2.75, 3.05) is 27.3 Å². The molecule has 2 bridgehead atoms. The molecule has 1 aromatic carbocycles. The molecule has 6 nitrogen and oxygen atoms in total. The summed E-state index contributed by atoms with van der Waals surface area (Å²) in [4.78, 5) is 15.2. The summed E-state index contributed by atoms with van der Waals surface area (Å²) in [6.45, 7) is 1.95. The average molecular weight is 387 g/mol. The van der Waals surface area contributed by atoms with Gasteiger partial charge in [0.25, 0.3) is 0 Å². The fourth-order valence-electron chi connectivity index (χ4n) is 6.26. The highest BCUT2D eigenvalue weighted by Gasteiger charge is 2.73. The monoisotopic (exact) mass is 387 g/mol. The Bertz CT molecular complexity index is 821. The van der Waals surface area contributed by atoms with Crippen molar-refractivity contribution in [2.45, 2.75) is 61.7 Å². The quantitative estimate of drug-likeness (QED) is 0.806. The number of likely N-dealkylation sites (tertiary alicyclic amines) is 1. The number of methoxy groups -OCH3 is 1. The second kappa shape index (κ2) is 6.18. The van der Waals surface area contributed by atoms with Crippen LogP contribution in [0.25, 0.3) is 0 Å². The summed E-state index contributed by atoms with van der Waals surface area (Å²) in [5, 5.41) is 22.3. The Morgan fingerprint density at radius 2 is 2.04 bits per heavy atom. The van der Waals surface area contributed by atoms with E-state index in [0.29, 0.717) is 18.6 Å². The fraction of sp³-hybridized carbons (Fsp3) is 0.682. The molecule has 2 saturated carbocycles. The topological polar surface area (TPSA) is 79.2 Å². The molecule has 0 aromatic heterocycles. The summed E-state index contributed by atoms with van der Waals surface area (Å²) in [5.74, 6) is 1.39. The first-order valence-electron chi connectivity index (χ1n) is 10.4. The molecule has 6 heteroatoms. The van der Waals surface area contributed by atoms with Gasteiger partial charge in [-0.2, -0.15) is 0 Å². The van der Waals surface area contributed by atoms with Crippen LogP contribution in [0.5, 0.6) is 11.5 Å². The summed E-state index contributed by atoms with van der Waals surface area (Å²) in [5.41, 5.74) is 0.454. The fourth-order valence-corrected chi connectivity index (χ4v) is 6.26. The van der Waals surface area contributed by atoms with Crippen LogP contribution in [0.2, 0.25) is 0 Å². The summed E-state index contributed by atoms with van der Waals surface area (Å²) >= 11 is 0. The number of ketones is 1. The molecular weight excluding hydrogens is 358 g/mol. The molecule has 1 spiro atoms. The zero-order valence-corrected chi connectivity index (χ0v) is 16.6. The summed E-state index contributed by atoms with van der Waals surface area (Å²) in [7, 11) is 3.25. The van der Waals surface area contributed by atoms with Crippen LogP contribution in [0.3, 0.4) is 0 Å². The predicted molar refractivity (Wildman–Crippen MR) is 103 cm³/mol. The first kappa shape index (κ1) is 18.4. The van der Waals surface area contributed by atoms with Crippen LogP contribution in [0.15, 0.2) is 12.1 Å². The van der Waals surface area contributed by atoms with Crippen LogP contribution >= 0.6 is 0 Å². The number of aliphatic hydroxyl groups is 1. The molecule has 1 aromatic rings. The van der Waals surface area contributed by atoms with Gasteiger partial charge in [-0.15, -0.1) is 0 Å². The Morgan fingerprint density at radius 3 is 2.75 bits per heavy atom. The van der Waals surface area contributed by atoms with Crippen molar-refractivity contribution in [3.8, 4) is 11.5 Å². The third-order valence-electron chi connectivity index (χ3n) is 7.56. The van der Waals surface area contributed by atoms with E-state index in [1.54, 1.807) is 20.3 Å². The van der Waals surface area contributed by atoms with Crippen molar-refractivity contribution in [1.82, 2.24) is 4.90 Å². The van der Waals surface area contributed by atoms with E-state index in [0.717, 1.165) is 43.0 Å². The molecule has 1 saturated heterocycles. The molecule has 4 atom stereocenters. The molecule has 3 fully saturated rings. The number of carbonyl (C=O) groups is 1. The number of ether oxygens (including phenoxy) is 2. The lowest BCUT2D eigenvalue weighted by atomic mass is 9.49. The number of benzene rings is 1. The van der Waals surface area contributed by atoms with Crippen LogP contribution in [-0.4, -0.2) is 66.0 Å². The lowest BCUT2D eigenvalue weighted by Crippen LogP contribution is -2.76. The van der Waals surface area contributed by atoms with Crippen molar-refractivity contribution in [1.29, 1.82) is 0 Å². The zero-order valence-electron chi connectivity index (χ0n) is 16.6. The summed E-state index contributed by atoms with van der Waals surface area (Å²) < 4.78 is 10.3. The van der Waals surface area contributed by atoms with E-state index in [4.69, 9.17) is 4.74 Å². The highest BCUT2D eigenvalue weighted by atomic mass is 16.5. The number of aromatic hydroxyl groups is 1. The van der Waals surface area contributed by atoms with E-state index in [2.05, 4.69) is 9.64 Å². The van der Waals surface area contributed by atoms with Crippen molar-refractivity contribution in [3.05, 3.63) is 23.3 Å². The van der Waals surface area contributed by atoms with Crippen molar-refractivity contribution in [3.63, 3.8) is 0 Å². The van der Waals surface area contributed by atoms with E-state index in [1.165, 1.54) is 12.8 Å². The largest absolute Gasteiger partial charge is 0.504 e. The molecule has 0 amide bonds. The second-order valence-electron chi connectivity index (χ2n) is 9.12. The van der Waals surface area contributed by atoms with Crippen LogP contribution in [-0.2, 0) is 21.4 Å². The number of carbonyl (C=O) groups excluding carboxylic acids is 1. The molecule has 152 valence electrons. The number of Topliss-reactive ketones (excluding diaryl/α,β-unsaturated/α-hetero) is 1. The minimum atomic E-state index is -0.940. The number of hydrogen-bond donors (Lipinski definition) is 2. The highest BCUT2D eigenvalue weighted by Crippen LogP contribution is 2.64. The maximum Gasteiger partial charge on any atom is 0.174 e. The molecule has 2 aliphatic heterocycles. The first-order valence-corrected chi connectivity index (χ1v) is 10.4. The van der Waals surface area contributed by atoms with Crippen LogP contribution in [0.4, 0.5) is 0 Å². The smallest absolute Gasteiger partial charge is 0.174 e. The Labute approximate surface area is 165 Å². The lowest BCUT2D eigenvalue weighted by molar-refractivity contribution is -0.188. The number of phenolic OH excluding ortho intramolecular Hbond substituents is 1. The average Bonchev–Trinajstić information content (AvgIpc) is 3.40. The number of nitrogens with zero attached hydrogens (tertiary/aromatic N) is 1. The molecule has 28 heavy (non-hydrogen) atoms. The second-order valence-corrected chi connectivity index (χ2v) is 9.12. The number of piperidine rings is 1. The van der Waals surface area contributed by atoms with Gasteiger partial charge in [0, 0.05) is 38.8 Å². The predicted octanol–water partition coefficient (Wildman–Crippen LogP) is 1.79. The normalized spacial score (nSPS) is 37.6. The third-order valence-corrected chi connectivity index (χ3v) is 7.56. The van der Waals surface area contributed by atoms with Crippen molar-refractivity contribution in [2.24, 2.45) is 5.92 Å². The molecule has 2 N–H and O–H groups in total. The molecule has 6 rings (SSSR count). The number of hydrogen-bond acceptors (Lipinski definition) is 6. The molecule has 0 unspecified atom stereocenters. The minimum absolute atomic E-state index is 0.0454. The van der Waals surface area contributed by atoms with E-state index in [1.807, 2.05) is 6.07 Å². The van der Waals surface area contributed by atoms with Crippen LogP contribution < -0.4 is 4.74 Å². The van der Waals surface area contributed by atoms with Crippen molar-refractivity contribution < 1.29 is 24.5 Å². The zero-order chi connectivity index (χ0) is 19.7. The van der Waals surface area contributed by atoms with Gasteiger partial charge < -0.3 is 19.7 Å². The van der Waals surface area contributed by atoms with Gasteiger partial charge in [0.05, 0.1) is 11.0 Å². The van der Waals surface area contributed by atoms with Gasteiger partial charge in [0.15, 0.2) is 23.4 Å². The van der Waals surface area contributed by atoms with E-state index in [-0.39, 0.29) is 17.6 Å². The van der Waals surface area contributed by atoms with Gasteiger partial charge in [0.2, 0.25) is 0 Å². The van der Waals surface area contributed by atoms with Gasteiger partial charge in [-0.3, -0.25) is 9.69 Å². The van der Waals surface area contributed by atoms with E-state index in [9.17, 15) is 15.0 Å². The molecule has 5 aliphatic rings. The Balaban J connectivity index is 0.000000538. The molecular formula is C22H29NO5. The van der Waals surface area contributed by atoms with Gasteiger partial charge in [0.1, 0.15) is 0 Å². The van der Waals surface area contributed by atoms with Gasteiger partial charge in [-0.05, 0) is 56.2 Å². The van der Waals surface area contributed by atoms with E-state index < -0.39 is 17.1 Å². The summed E-state index contributed by atoms with van der Waals surface area (Å²) in [6.07, 6.45) is 4.33. The number of rotatable bonds is 2. The van der Waals surface area contributed by atoms with Crippen molar-refractivity contribution >= 4 is 5.78 Å². The Hall–Kier alpha value is -1.63. The SMILES string of the molecule is COC.O=C1CC[C@@]2(O)[C@H]3Cc4ccc(O)c5c4[C@@]2(CCN3CC2CC2)[C@H]1O5. The summed E-state index contributed by atoms with van der Waals surface area (Å²) in [6, 6.07) is 3.69. The highest BCUT2D eigenvalue weighted by molar-refractivity contribution is 5.90. The minimum Gasteiger partial charge on any atom is -0.504 e. The molecule has 0 radical (unpaired) electrons. The number of phenols is 1.